The third-order valence-electron chi connectivity index (χ3n) is 4.18. The maximum atomic E-state index is 12.5. The van der Waals surface area contributed by atoms with Crippen LogP contribution in [-0.2, 0) is 14.8 Å². The Hall–Kier alpha value is -1.87. The number of aromatic nitrogens is 1. The quantitative estimate of drug-likeness (QED) is 0.780. The van der Waals surface area contributed by atoms with Crippen molar-refractivity contribution in [3.05, 3.63) is 52.1 Å². The molecule has 150 valence electrons. The number of hydrogen-bond donors (Lipinski definition) is 1. The van der Waals surface area contributed by atoms with Crippen LogP contribution in [0.5, 0.6) is 0 Å². The Morgan fingerprint density at radius 3 is 2.43 bits per heavy atom. The van der Waals surface area contributed by atoms with Gasteiger partial charge in [0.05, 0.1) is 22.8 Å². The number of nitrogens with zero attached hydrogens (tertiary/aromatic N) is 2. The summed E-state index contributed by atoms with van der Waals surface area (Å²) in [5.41, 5.74) is 0.00973. The topological polar surface area (TPSA) is 88.6 Å². The third-order valence-corrected chi connectivity index (χ3v) is 6.04. The highest BCUT2D eigenvalue weighted by molar-refractivity contribution is 7.90. The summed E-state index contributed by atoms with van der Waals surface area (Å²) in [7, 11) is -4.10. The predicted molar refractivity (Wildman–Crippen MR) is 108 cm³/mol. The number of morpholine rings is 1. The van der Waals surface area contributed by atoms with Crippen LogP contribution in [0.15, 0.2) is 41.4 Å². The van der Waals surface area contributed by atoms with Crippen molar-refractivity contribution in [1.29, 1.82) is 0 Å². The highest BCUT2D eigenvalue weighted by Crippen LogP contribution is 2.22. The van der Waals surface area contributed by atoms with E-state index in [2.05, 4.69) is 4.98 Å². The fraction of sp³-hybridized carbons (Fsp3) is 0.333. The summed E-state index contributed by atoms with van der Waals surface area (Å²) in [6, 6.07) is 7.20. The molecule has 1 N–H and O–H groups in total. The molecule has 1 amide bonds. The fourth-order valence-corrected chi connectivity index (χ4v) is 4.40. The van der Waals surface area contributed by atoms with E-state index in [0.717, 1.165) is 0 Å². The van der Waals surface area contributed by atoms with Crippen molar-refractivity contribution >= 4 is 45.0 Å². The number of carbonyl (C=O) groups is 1. The summed E-state index contributed by atoms with van der Waals surface area (Å²) in [6.07, 6.45) is 1.33. The zero-order chi connectivity index (χ0) is 20.5. The van der Waals surface area contributed by atoms with Crippen LogP contribution in [0.25, 0.3) is 0 Å². The van der Waals surface area contributed by atoms with Crippen molar-refractivity contribution in [2.24, 2.45) is 0 Å². The minimum Gasteiger partial charge on any atom is -0.372 e. The van der Waals surface area contributed by atoms with Gasteiger partial charge in [-0.3, -0.25) is 4.79 Å². The van der Waals surface area contributed by atoms with Crippen molar-refractivity contribution < 1.29 is 17.9 Å². The van der Waals surface area contributed by atoms with Crippen LogP contribution >= 0.6 is 23.2 Å². The van der Waals surface area contributed by atoms with E-state index >= 15 is 0 Å². The molecule has 2 aromatic rings. The molecule has 2 heterocycles. The van der Waals surface area contributed by atoms with Crippen molar-refractivity contribution in [2.45, 2.75) is 31.0 Å². The Balaban J connectivity index is 1.76. The molecule has 28 heavy (non-hydrogen) atoms. The summed E-state index contributed by atoms with van der Waals surface area (Å²) >= 11 is 11.8. The summed E-state index contributed by atoms with van der Waals surface area (Å²) in [5, 5.41) is 0.403. The lowest BCUT2D eigenvalue weighted by Gasteiger charge is -2.36. The van der Waals surface area contributed by atoms with Crippen LogP contribution in [0.1, 0.15) is 24.2 Å². The molecule has 1 fully saturated rings. The van der Waals surface area contributed by atoms with Gasteiger partial charge in [0.15, 0.2) is 0 Å². The molecule has 7 nitrogen and oxygen atoms in total. The van der Waals surface area contributed by atoms with Crippen LogP contribution in [-0.4, -0.2) is 44.6 Å². The van der Waals surface area contributed by atoms with Gasteiger partial charge in [-0.15, -0.1) is 0 Å². The lowest BCUT2D eigenvalue weighted by Crippen LogP contribution is -2.45. The van der Waals surface area contributed by atoms with E-state index in [4.69, 9.17) is 27.9 Å². The number of sulfonamides is 1. The van der Waals surface area contributed by atoms with E-state index < -0.39 is 15.9 Å². The maximum absolute atomic E-state index is 12.5. The number of amides is 1. The number of hydrogen-bond acceptors (Lipinski definition) is 6. The number of carbonyl (C=O) groups excluding carboxylic acids is 1. The SMILES string of the molecule is C[C@@H]1CN(c2ccc(S(=O)(=O)NC(=O)c3ccc(Cl)cc3Cl)cn2)C[C@H](C)O1. The first-order chi connectivity index (χ1) is 13.2. The van der Waals surface area contributed by atoms with Gasteiger partial charge in [0.2, 0.25) is 0 Å². The second-order valence-electron chi connectivity index (χ2n) is 6.57. The number of benzene rings is 1. The number of pyridine rings is 1. The van der Waals surface area contributed by atoms with Crippen LogP contribution < -0.4 is 9.62 Å². The molecule has 1 aromatic carbocycles. The molecule has 0 bridgehead atoms. The monoisotopic (exact) mass is 443 g/mol. The summed E-state index contributed by atoms with van der Waals surface area (Å²) in [6.45, 7) is 5.27. The van der Waals surface area contributed by atoms with E-state index in [1.54, 1.807) is 6.07 Å². The number of rotatable bonds is 4. The molecule has 1 aliphatic heterocycles. The highest BCUT2D eigenvalue weighted by Gasteiger charge is 2.25. The molecule has 0 aliphatic carbocycles. The Morgan fingerprint density at radius 2 is 1.86 bits per heavy atom. The Kier molecular flexibility index (Phi) is 6.14. The highest BCUT2D eigenvalue weighted by atomic mass is 35.5. The van der Waals surface area contributed by atoms with Crippen LogP contribution in [0.2, 0.25) is 10.0 Å². The van der Waals surface area contributed by atoms with Gasteiger partial charge in [-0.05, 0) is 44.2 Å². The smallest absolute Gasteiger partial charge is 0.266 e. The van der Waals surface area contributed by atoms with E-state index in [1.165, 1.54) is 30.5 Å². The van der Waals surface area contributed by atoms with Gasteiger partial charge in [-0.1, -0.05) is 23.2 Å². The largest absolute Gasteiger partial charge is 0.372 e. The molecule has 1 aromatic heterocycles. The molecule has 1 saturated heterocycles. The zero-order valence-electron chi connectivity index (χ0n) is 15.2. The van der Waals surface area contributed by atoms with Crippen molar-refractivity contribution in [2.75, 3.05) is 18.0 Å². The predicted octanol–water partition coefficient (Wildman–Crippen LogP) is 3.12. The first-order valence-electron chi connectivity index (χ1n) is 8.54. The average molecular weight is 444 g/mol. The first kappa shape index (κ1) is 20.9. The van der Waals surface area contributed by atoms with Gasteiger partial charge in [0, 0.05) is 24.3 Å². The minimum absolute atomic E-state index is 0.00973. The van der Waals surface area contributed by atoms with Crippen molar-refractivity contribution in [3.8, 4) is 0 Å². The summed E-state index contributed by atoms with van der Waals surface area (Å²) in [4.78, 5) is 18.4. The van der Waals surface area contributed by atoms with Gasteiger partial charge in [0.25, 0.3) is 15.9 Å². The molecule has 0 unspecified atom stereocenters. The number of nitrogens with one attached hydrogen (secondary N) is 1. The van der Waals surface area contributed by atoms with Crippen LogP contribution in [0.3, 0.4) is 0 Å². The van der Waals surface area contributed by atoms with Gasteiger partial charge in [-0.2, -0.15) is 0 Å². The molecule has 2 atom stereocenters. The molecule has 1 aliphatic rings. The van der Waals surface area contributed by atoms with Gasteiger partial charge in [-0.25, -0.2) is 18.1 Å². The molecule has 0 saturated carbocycles. The number of anilines is 1. The second kappa shape index (κ2) is 8.24. The van der Waals surface area contributed by atoms with Crippen molar-refractivity contribution in [3.63, 3.8) is 0 Å². The van der Waals surface area contributed by atoms with E-state index in [-0.39, 0.29) is 27.7 Å². The molecule has 0 radical (unpaired) electrons. The third kappa shape index (κ3) is 4.75. The standard InChI is InChI=1S/C18H19Cl2N3O4S/c1-11-9-23(10-12(2)27-11)17-6-4-14(8-21-17)28(25,26)22-18(24)15-5-3-13(19)7-16(15)20/h3-8,11-12H,9-10H2,1-2H3,(H,22,24)/t11-,12+. The number of ether oxygens (including phenoxy) is 1. The molecule has 10 heteroatoms. The normalized spacial score (nSPS) is 20.1. The first-order valence-corrected chi connectivity index (χ1v) is 10.8. The zero-order valence-corrected chi connectivity index (χ0v) is 17.6. The lowest BCUT2D eigenvalue weighted by atomic mass is 10.2. The molecular formula is C18H19Cl2N3O4S. The van der Waals surface area contributed by atoms with E-state index in [9.17, 15) is 13.2 Å². The lowest BCUT2D eigenvalue weighted by molar-refractivity contribution is -0.00546. The fourth-order valence-electron chi connectivity index (χ4n) is 2.99. The molecular weight excluding hydrogens is 425 g/mol. The molecule has 0 spiro atoms. The van der Waals surface area contributed by atoms with Crippen molar-refractivity contribution in [1.82, 2.24) is 9.71 Å². The Labute approximate surface area is 173 Å². The average Bonchev–Trinajstić information content (AvgIpc) is 2.60. The summed E-state index contributed by atoms with van der Waals surface area (Å²) in [5.74, 6) is -0.199. The molecule has 3 rings (SSSR count). The van der Waals surface area contributed by atoms with E-state index in [0.29, 0.717) is 23.9 Å². The van der Waals surface area contributed by atoms with Gasteiger partial charge >= 0.3 is 0 Å². The maximum Gasteiger partial charge on any atom is 0.266 e. The number of halogens is 2. The Bertz CT molecular complexity index is 973. The van der Waals surface area contributed by atoms with E-state index in [1.807, 2.05) is 23.5 Å². The van der Waals surface area contributed by atoms with Crippen LogP contribution in [0, 0.1) is 0 Å². The second-order valence-corrected chi connectivity index (χ2v) is 9.10. The van der Waals surface area contributed by atoms with Crippen LogP contribution in [0.4, 0.5) is 5.82 Å². The minimum atomic E-state index is -4.10. The van der Waals surface area contributed by atoms with Gasteiger partial charge in [0.1, 0.15) is 10.7 Å². The summed E-state index contributed by atoms with van der Waals surface area (Å²) < 4.78 is 32.7. The Morgan fingerprint density at radius 1 is 1.18 bits per heavy atom. The van der Waals surface area contributed by atoms with Gasteiger partial charge < -0.3 is 9.64 Å².